The third kappa shape index (κ3) is 4.24. The number of hydrogen-bond donors (Lipinski definition) is 0. The van der Waals surface area contributed by atoms with Crippen molar-refractivity contribution in [3.8, 4) is 22.6 Å². The molecule has 0 unspecified atom stereocenters. The molecule has 0 bridgehead atoms. The van der Waals surface area contributed by atoms with Crippen LogP contribution in [0, 0.1) is 20.8 Å². The van der Waals surface area contributed by atoms with Crippen molar-refractivity contribution >= 4 is 11.1 Å². The normalized spacial score (nSPS) is 12.5. The van der Waals surface area contributed by atoms with Gasteiger partial charge in [-0.2, -0.15) is 0 Å². The highest BCUT2D eigenvalue weighted by Gasteiger charge is 2.20. The predicted octanol–water partition coefficient (Wildman–Crippen LogP) is 8.68. The Morgan fingerprint density at radius 3 is 1.88 bits per heavy atom. The van der Waals surface area contributed by atoms with Gasteiger partial charge in [0.25, 0.3) is 0 Å². The summed E-state index contributed by atoms with van der Waals surface area (Å²) in [6.07, 6.45) is 0. The van der Waals surface area contributed by atoms with E-state index in [4.69, 9.17) is 9.40 Å². The van der Waals surface area contributed by atoms with Crippen molar-refractivity contribution in [1.82, 2.24) is 4.98 Å². The van der Waals surface area contributed by atoms with E-state index in [1.165, 1.54) is 33.4 Å². The molecule has 0 N–H and O–H groups in total. The Hall–Kier alpha value is -2.87. The average molecular weight is 426 g/mol. The maximum absolute atomic E-state index is 6.27. The minimum Gasteiger partial charge on any atom is -0.454 e. The van der Waals surface area contributed by atoms with Crippen molar-refractivity contribution in [3.63, 3.8) is 0 Å². The van der Waals surface area contributed by atoms with E-state index in [1.807, 2.05) is 0 Å². The number of fused-ring (bicyclic) bond motifs is 1. The molecular formula is C30H35NO. The lowest BCUT2D eigenvalue weighted by Crippen LogP contribution is -2.12. The van der Waals surface area contributed by atoms with Gasteiger partial charge in [0.1, 0.15) is 11.3 Å². The largest absolute Gasteiger partial charge is 0.454 e. The Kier molecular flexibility index (Phi) is 5.32. The van der Waals surface area contributed by atoms with Gasteiger partial charge in [-0.3, -0.25) is 0 Å². The zero-order valence-electron chi connectivity index (χ0n) is 21.0. The standard InChI is InChI=1S/C30H35NO/c1-18-12-21(16-22(13-18)29(4,5)6)24-10-11-26-25(31-24)17-27(32-26)28-19(2)14-23(15-20(28)3)30(7,8)9/h10-17H,1-9H3. The van der Waals surface area contributed by atoms with Crippen LogP contribution in [0.15, 0.2) is 52.9 Å². The third-order valence-corrected chi connectivity index (χ3v) is 6.26. The second kappa shape index (κ2) is 7.62. The molecule has 0 amide bonds. The van der Waals surface area contributed by atoms with Crippen molar-refractivity contribution in [3.05, 3.63) is 76.3 Å². The van der Waals surface area contributed by atoms with Crippen LogP contribution in [0.5, 0.6) is 0 Å². The summed E-state index contributed by atoms with van der Waals surface area (Å²) in [5.74, 6) is 0.889. The number of benzene rings is 2. The molecule has 0 saturated heterocycles. The highest BCUT2D eigenvalue weighted by atomic mass is 16.3. The van der Waals surface area contributed by atoms with Crippen LogP contribution in [0.3, 0.4) is 0 Å². The first-order chi connectivity index (χ1) is 14.8. The number of aryl methyl sites for hydroxylation is 3. The summed E-state index contributed by atoms with van der Waals surface area (Å²) in [6, 6.07) is 17.5. The van der Waals surface area contributed by atoms with Gasteiger partial charge in [-0.15, -0.1) is 0 Å². The van der Waals surface area contributed by atoms with Crippen LogP contribution in [-0.2, 0) is 10.8 Å². The van der Waals surface area contributed by atoms with E-state index >= 15 is 0 Å². The monoisotopic (exact) mass is 425 g/mol. The van der Waals surface area contributed by atoms with Gasteiger partial charge in [-0.25, -0.2) is 4.98 Å². The summed E-state index contributed by atoms with van der Waals surface area (Å²) in [6.45, 7) is 20.0. The van der Waals surface area contributed by atoms with Crippen molar-refractivity contribution in [1.29, 1.82) is 0 Å². The molecular weight excluding hydrogens is 390 g/mol. The first-order valence-corrected chi connectivity index (χ1v) is 11.5. The summed E-state index contributed by atoms with van der Waals surface area (Å²) in [4.78, 5) is 4.98. The van der Waals surface area contributed by atoms with Crippen molar-refractivity contribution in [2.45, 2.75) is 73.1 Å². The summed E-state index contributed by atoms with van der Waals surface area (Å²) < 4.78 is 6.27. The number of furan rings is 1. The van der Waals surface area contributed by atoms with E-state index in [1.54, 1.807) is 0 Å². The second-order valence-corrected chi connectivity index (χ2v) is 11.3. The molecule has 0 aliphatic carbocycles. The van der Waals surface area contributed by atoms with Gasteiger partial charge in [-0.1, -0.05) is 65.3 Å². The molecule has 2 aromatic heterocycles. The maximum Gasteiger partial charge on any atom is 0.153 e. The predicted molar refractivity (Wildman–Crippen MR) is 136 cm³/mol. The molecule has 0 aliphatic heterocycles. The minimum absolute atomic E-state index is 0.0992. The molecule has 4 aromatic rings. The van der Waals surface area contributed by atoms with Gasteiger partial charge < -0.3 is 4.42 Å². The zero-order valence-corrected chi connectivity index (χ0v) is 21.0. The van der Waals surface area contributed by atoms with Crippen molar-refractivity contribution in [2.24, 2.45) is 0 Å². The van der Waals surface area contributed by atoms with Gasteiger partial charge in [0.2, 0.25) is 0 Å². The third-order valence-electron chi connectivity index (χ3n) is 6.26. The number of rotatable bonds is 2. The summed E-state index contributed by atoms with van der Waals surface area (Å²) >= 11 is 0. The molecule has 2 heterocycles. The van der Waals surface area contributed by atoms with Crippen LogP contribution >= 0.6 is 0 Å². The molecule has 2 aromatic carbocycles. The maximum atomic E-state index is 6.27. The molecule has 32 heavy (non-hydrogen) atoms. The van der Waals surface area contributed by atoms with E-state index in [2.05, 4.69) is 111 Å². The topological polar surface area (TPSA) is 26.0 Å². The Morgan fingerprint density at radius 2 is 1.28 bits per heavy atom. The average Bonchev–Trinajstić information content (AvgIpc) is 3.08. The fourth-order valence-corrected chi connectivity index (χ4v) is 4.36. The van der Waals surface area contributed by atoms with Gasteiger partial charge >= 0.3 is 0 Å². The van der Waals surface area contributed by atoms with Gasteiger partial charge in [0.15, 0.2) is 5.58 Å². The molecule has 166 valence electrons. The number of hydrogen-bond acceptors (Lipinski definition) is 2. The molecule has 0 fully saturated rings. The molecule has 0 saturated carbocycles. The Morgan fingerprint density at radius 1 is 0.688 bits per heavy atom. The van der Waals surface area contributed by atoms with Crippen LogP contribution in [0.4, 0.5) is 0 Å². The molecule has 2 heteroatoms. The molecule has 2 nitrogen and oxygen atoms in total. The van der Waals surface area contributed by atoms with Crippen LogP contribution in [0.25, 0.3) is 33.7 Å². The van der Waals surface area contributed by atoms with Crippen LogP contribution in [-0.4, -0.2) is 4.98 Å². The van der Waals surface area contributed by atoms with E-state index in [0.29, 0.717) is 0 Å². The lowest BCUT2D eigenvalue weighted by atomic mass is 9.83. The van der Waals surface area contributed by atoms with Crippen molar-refractivity contribution < 1.29 is 4.42 Å². The first kappa shape index (κ1) is 22.3. The summed E-state index contributed by atoms with van der Waals surface area (Å²) in [5.41, 5.74) is 11.7. The number of nitrogens with zero attached hydrogens (tertiary/aromatic N) is 1. The van der Waals surface area contributed by atoms with E-state index < -0.39 is 0 Å². The molecule has 0 aliphatic rings. The fourth-order valence-electron chi connectivity index (χ4n) is 4.36. The smallest absolute Gasteiger partial charge is 0.153 e. The van der Waals surface area contributed by atoms with Gasteiger partial charge in [-0.05, 0) is 78.1 Å². The van der Waals surface area contributed by atoms with E-state index in [0.717, 1.165) is 28.1 Å². The summed E-state index contributed by atoms with van der Waals surface area (Å²) in [5, 5.41) is 0. The van der Waals surface area contributed by atoms with Crippen LogP contribution in [0.1, 0.15) is 69.4 Å². The lowest BCUT2D eigenvalue weighted by Gasteiger charge is -2.21. The second-order valence-electron chi connectivity index (χ2n) is 11.3. The number of aromatic nitrogens is 1. The highest BCUT2D eigenvalue weighted by Crippen LogP contribution is 2.36. The molecule has 0 spiro atoms. The lowest BCUT2D eigenvalue weighted by molar-refractivity contribution is 0.588. The summed E-state index contributed by atoms with van der Waals surface area (Å²) in [7, 11) is 0. The molecule has 0 radical (unpaired) electrons. The Labute approximate surface area is 192 Å². The molecule has 0 atom stereocenters. The van der Waals surface area contributed by atoms with Gasteiger partial charge in [0, 0.05) is 17.2 Å². The quantitative estimate of drug-likeness (QED) is 0.321. The Bertz CT molecular complexity index is 1290. The fraction of sp³-hybridized carbons (Fsp3) is 0.367. The zero-order chi connectivity index (χ0) is 23.4. The van der Waals surface area contributed by atoms with E-state index in [-0.39, 0.29) is 10.8 Å². The van der Waals surface area contributed by atoms with E-state index in [9.17, 15) is 0 Å². The van der Waals surface area contributed by atoms with Gasteiger partial charge in [0.05, 0.1) is 5.69 Å². The first-order valence-electron chi connectivity index (χ1n) is 11.5. The SMILES string of the molecule is Cc1cc(-c2ccc3oc(-c4c(C)cc(C(C)(C)C)cc4C)cc3n2)cc(C(C)(C)C)c1. The van der Waals surface area contributed by atoms with Crippen molar-refractivity contribution in [2.75, 3.05) is 0 Å². The van der Waals surface area contributed by atoms with Crippen LogP contribution < -0.4 is 0 Å². The number of pyridine rings is 1. The van der Waals surface area contributed by atoms with Crippen LogP contribution in [0.2, 0.25) is 0 Å². The molecule has 4 rings (SSSR count). The highest BCUT2D eigenvalue weighted by molar-refractivity contribution is 5.83. The Balaban J connectivity index is 1.80. The minimum atomic E-state index is 0.0992.